The molecule has 176 valence electrons. The van der Waals surface area contributed by atoms with Gasteiger partial charge in [0.2, 0.25) is 0 Å². The third-order valence-corrected chi connectivity index (χ3v) is 7.69. The molecule has 2 aliphatic heterocycles. The van der Waals surface area contributed by atoms with E-state index in [4.69, 9.17) is 14.2 Å². The lowest BCUT2D eigenvalue weighted by atomic mass is 9.60. The molecule has 1 saturated carbocycles. The Morgan fingerprint density at radius 2 is 1.87 bits per heavy atom. The number of carbonyl (C=O) groups is 2. The van der Waals surface area contributed by atoms with Crippen LogP contribution in [0.4, 0.5) is 0 Å². The van der Waals surface area contributed by atoms with Gasteiger partial charge < -0.3 is 24.4 Å². The fraction of sp³-hybridized carbons (Fsp3) is 0.833. The average molecular weight is 439 g/mol. The van der Waals surface area contributed by atoms with Gasteiger partial charge in [0.1, 0.15) is 23.4 Å². The molecule has 1 aliphatic carbocycles. The van der Waals surface area contributed by atoms with Crippen LogP contribution >= 0.6 is 0 Å². The van der Waals surface area contributed by atoms with Gasteiger partial charge in [-0.2, -0.15) is 0 Å². The molecule has 31 heavy (non-hydrogen) atoms. The van der Waals surface area contributed by atoms with Gasteiger partial charge in [0.25, 0.3) is 0 Å². The van der Waals surface area contributed by atoms with Crippen LogP contribution in [-0.2, 0) is 23.8 Å². The molecule has 0 aromatic carbocycles. The average Bonchev–Trinajstić information content (AvgIpc) is 3.00. The molecule has 0 radical (unpaired) electrons. The molecule has 0 spiro atoms. The summed E-state index contributed by atoms with van der Waals surface area (Å²) in [5.41, 5.74) is -1.59. The standard InChI is InChI=1S/C24H38O7/c1-12(2)16-10-17(27)13(3)20-18-11-23(6,28)19(29-14(4)25)8-9-24(7,31-15(5)26)22(30-18)21(16)20/h12,16-22,27-28H,3,8-11H2,1-2,4-7H3/t16-,17+,18-,19+,20-,21-,22-,23+,24-/m1/s1. The van der Waals surface area contributed by atoms with E-state index in [-0.39, 0.29) is 24.2 Å². The molecule has 9 atom stereocenters. The lowest BCUT2D eigenvalue weighted by Gasteiger charge is -2.47. The highest BCUT2D eigenvalue weighted by Crippen LogP contribution is 2.56. The van der Waals surface area contributed by atoms with Crippen LogP contribution < -0.4 is 0 Å². The van der Waals surface area contributed by atoms with E-state index in [0.29, 0.717) is 30.8 Å². The second-order valence-corrected chi connectivity index (χ2v) is 10.5. The molecule has 7 heteroatoms. The molecular formula is C24H38O7. The maximum Gasteiger partial charge on any atom is 0.303 e. The summed E-state index contributed by atoms with van der Waals surface area (Å²) in [6.07, 6.45) is -0.700. The number of esters is 2. The number of fused-ring (bicyclic) bond motifs is 5. The van der Waals surface area contributed by atoms with Crippen molar-refractivity contribution in [2.24, 2.45) is 23.7 Å². The van der Waals surface area contributed by atoms with Crippen molar-refractivity contribution in [1.82, 2.24) is 0 Å². The predicted molar refractivity (Wildman–Crippen MR) is 114 cm³/mol. The highest BCUT2D eigenvalue weighted by molar-refractivity contribution is 5.67. The van der Waals surface area contributed by atoms with Gasteiger partial charge in [-0.1, -0.05) is 20.4 Å². The monoisotopic (exact) mass is 438 g/mol. The summed E-state index contributed by atoms with van der Waals surface area (Å²) in [5, 5.41) is 22.1. The second-order valence-electron chi connectivity index (χ2n) is 10.5. The molecule has 2 saturated heterocycles. The molecule has 3 fully saturated rings. The molecule has 2 bridgehead atoms. The summed E-state index contributed by atoms with van der Waals surface area (Å²) in [7, 11) is 0. The van der Waals surface area contributed by atoms with E-state index < -0.39 is 47.6 Å². The van der Waals surface area contributed by atoms with E-state index >= 15 is 0 Å². The van der Waals surface area contributed by atoms with Gasteiger partial charge >= 0.3 is 11.9 Å². The molecule has 2 N–H and O–H groups in total. The van der Waals surface area contributed by atoms with E-state index in [9.17, 15) is 19.8 Å². The van der Waals surface area contributed by atoms with E-state index in [1.807, 2.05) is 6.92 Å². The smallest absolute Gasteiger partial charge is 0.303 e. The first-order valence-corrected chi connectivity index (χ1v) is 11.4. The first-order valence-electron chi connectivity index (χ1n) is 11.4. The van der Waals surface area contributed by atoms with Crippen LogP contribution in [0.1, 0.15) is 67.2 Å². The van der Waals surface area contributed by atoms with Crippen molar-refractivity contribution in [1.29, 1.82) is 0 Å². The van der Waals surface area contributed by atoms with Gasteiger partial charge in [0.05, 0.1) is 12.2 Å². The number of carbonyl (C=O) groups excluding carboxylic acids is 2. The van der Waals surface area contributed by atoms with Crippen molar-refractivity contribution in [2.75, 3.05) is 0 Å². The van der Waals surface area contributed by atoms with Crippen LogP contribution in [0.5, 0.6) is 0 Å². The SMILES string of the molecule is C=C1[C@H]2[C@@H]([C@@H](C(C)C)C[C@@H]1O)[C@H]1O[C@@H]2C[C@](C)(O)[C@@H](OC(C)=O)CC[C@@]1(C)OC(C)=O. The zero-order valence-electron chi connectivity index (χ0n) is 19.6. The van der Waals surface area contributed by atoms with Crippen LogP contribution in [0.2, 0.25) is 0 Å². The maximum absolute atomic E-state index is 12.1. The number of ether oxygens (including phenoxy) is 3. The van der Waals surface area contributed by atoms with Crippen molar-refractivity contribution in [2.45, 2.75) is 103 Å². The van der Waals surface area contributed by atoms with E-state index in [1.54, 1.807) is 6.92 Å². The lowest BCUT2D eigenvalue weighted by molar-refractivity contribution is -0.180. The van der Waals surface area contributed by atoms with Crippen LogP contribution in [0.15, 0.2) is 12.2 Å². The van der Waals surface area contributed by atoms with Gasteiger partial charge in [-0.15, -0.1) is 0 Å². The molecule has 7 nitrogen and oxygen atoms in total. The van der Waals surface area contributed by atoms with E-state index in [0.717, 1.165) is 0 Å². The Bertz CT molecular complexity index is 729. The molecule has 3 rings (SSSR count). The largest absolute Gasteiger partial charge is 0.460 e. The summed E-state index contributed by atoms with van der Waals surface area (Å²) < 4.78 is 18.0. The van der Waals surface area contributed by atoms with Gasteiger partial charge in [-0.25, -0.2) is 0 Å². The number of hydrogen-bond donors (Lipinski definition) is 2. The summed E-state index contributed by atoms with van der Waals surface area (Å²) >= 11 is 0. The summed E-state index contributed by atoms with van der Waals surface area (Å²) in [5.74, 6) is -0.607. The molecule has 3 aliphatic rings. The molecule has 0 amide bonds. The van der Waals surface area contributed by atoms with Crippen molar-refractivity contribution in [3.8, 4) is 0 Å². The Kier molecular flexibility index (Phi) is 6.63. The third-order valence-electron chi connectivity index (χ3n) is 7.69. The number of aliphatic hydroxyl groups excluding tert-OH is 1. The summed E-state index contributed by atoms with van der Waals surface area (Å²) in [6, 6.07) is 0. The van der Waals surface area contributed by atoms with Crippen molar-refractivity contribution in [3.05, 3.63) is 12.2 Å². The fourth-order valence-electron chi connectivity index (χ4n) is 6.24. The van der Waals surface area contributed by atoms with Crippen molar-refractivity contribution >= 4 is 11.9 Å². The molecule has 0 aromatic heterocycles. The minimum Gasteiger partial charge on any atom is -0.460 e. The topological polar surface area (TPSA) is 102 Å². The maximum atomic E-state index is 12.1. The molecule has 2 heterocycles. The number of rotatable bonds is 3. The first-order chi connectivity index (χ1) is 14.3. The molecular weight excluding hydrogens is 400 g/mol. The lowest BCUT2D eigenvalue weighted by Crippen LogP contribution is -2.53. The Hall–Kier alpha value is -1.44. The zero-order valence-corrected chi connectivity index (χ0v) is 19.6. The zero-order chi connectivity index (χ0) is 23.3. The Morgan fingerprint density at radius 1 is 1.23 bits per heavy atom. The van der Waals surface area contributed by atoms with Crippen molar-refractivity contribution < 1.29 is 34.0 Å². The van der Waals surface area contributed by atoms with Crippen LogP contribution in [0.25, 0.3) is 0 Å². The van der Waals surface area contributed by atoms with E-state index in [2.05, 4.69) is 20.4 Å². The van der Waals surface area contributed by atoms with Crippen LogP contribution in [0.3, 0.4) is 0 Å². The van der Waals surface area contributed by atoms with Crippen molar-refractivity contribution in [3.63, 3.8) is 0 Å². The second kappa shape index (κ2) is 8.49. The minimum absolute atomic E-state index is 0.00586. The number of hydrogen-bond acceptors (Lipinski definition) is 7. The number of aliphatic hydroxyl groups is 2. The van der Waals surface area contributed by atoms with Crippen LogP contribution in [-0.4, -0.2) is 57.8 Å². The molecule has 0 unspecified atom stereocenters. The summed E-state index contributed by atoms with van der Waals surface area (Å²) in [6.45, 7) is 14.7. The predicted octanol–water partition coefficient (Wildman–Crippen LogP) is 2.77. The highest BCUT2D eigenvalue weighted by atomic mass is 16.6. The van der Waals surface area contributed by atoms with Gasteiger partial charge in [-0.05, 0) is 50.5 Å². The van der Waals surface area contributed by atoms with Gasteiger partial charge in [0, 0.05) is 32.1 Å². The van der Waals surface area contributed by atoms with Gasteiger partial charge in [0.15, 0.2) is 0 Å². The quantitative estimate of drug-likeness (QED) is 0.516. The minimum atomic E-state index is -1.34. The normalized spacial score (nSPS) is 45.3. The van der Waals surface area contributed by atoms with E-state index in [1.165, 1.54) is 13.8 Å². The Balaban J connectivity index is 2.10. The van der Waals surface area contributed by atoms with Crippen LogP contribution in [0, 0.1) is 23.7 Å². The van der Waals surface area contributed by atoms with Gasteiger partial charge in [-0.3, -0.25) is 9.59 Å². The third kappa shape index (κ3) is 4.55. The highest BCUT2D eigenvalue weighted by Gasteiger charge is 2.61. The fourth-order valence-corrected chi connectivity index (χ4v) is 6.24. The summed E-state index contributed by atoms with van der Waals surface area (Å²) in [4.78, 5) is 23.8. The Morgan fingerprint density at radius 3 is 2.42 bits per heavy atom. The molecule has 0 aromatic rings. The first kappa shape index (κ1) is 24.2. The Labute approximate surface area is 185 Å².